The highest BCUT2D eigenvalue weighted by Crippen LogP contribution is 2.12. The highest BCUT2D eigenvalue weighted by Gasteiger charge is 2.30. The second-order valence-electron chi connectivity index (χ2n) is 3.50. The molecule has 0 aliphatic rings. The Bertz CT molecular complexity index is 420. The largest absolute Gasteiger partial charge is 0.480 e. The zero-order chi connectivity index (χ0) is 10.9. The van der Waals surface area contributed by atoms with Gasteiger partial charge in [0.25, 0.3) is 5.56 Å². The van der Waals surface area contributed by atoms with E-state index in [4.69, 9.17) is 10.8 Å². The Kier molecular flexibility index (Phi) is 2.33. The molecule has 0 bridgehead atoms. The molecule has 0 amide bonds. The van der Waals surface area contributed by atoms with Crippen LogP contribution in [-0.4, -0.2) is 15.6 Å². The van der Waals surface area contributed by atoms with Crippen molar-refractivity contribution in [3.05, 3.63) is 28.7 Å². The summed E-state index contributed by atoms with van der Waals surface area (Å²) >= 11 is 0. The van der Waals surface area contributed by atoms with Crippen molar-refractivity contribution in [2.24, 2.45) is 0 Å². The third kappa shape index (κ3) is 1.48. The number of hydrogen-bond acceptors (Lipinski definition) is 3. The van der Waals surface area contributed by atoms with Gasteiger partial charge in [-0.15, -0.1) is 0 Å². The number of hydrogen-bond donors (Lipinski definition) is 2. The van der Waals surface area contributed by atoms with E-state index in [0.29, 0.717) is 0 Å². The van der Waals surface area contributed by atoms with Crippen LogP contribution in [0.2, 0.25) is 0 Å². The third-order valence-electron chi connectivity index (χ3n) is 2.10. The minimum absolute atomic E-state index is 0.0434. The predicted octanol–water partition coefficient (Wildman–Crippen LogP) is 0.250. The van der Waals surface area contributed by atoms with Crippen LogP contribution < -0.4 is 11.3 Å². The summed E-state index contributed by atoms with van der Waals surface area (Å²) in [7, 11) is 0. The Balaban J connectivity index is 3.41. The number of carbonyl (C=O) groups is 1. The van der Waals surface area contributed by atoms with Gasteiger partial charge in [-0.1, -0.05) is 0 Å². The van der Waals surface area contributed by atoms with Crippen molar-refractivity contribution in [1.82, 2.24) is 4.57 Å². The molecule has 0 saturated carbocycles. The molecule has 5 heteroatoms. The maximum atomic E-state index is 11.5. The lowest BCUT2D eigenvalue weighted by Crippen LogP contribution is -2.42. The van der Waals surface area contributed by atoms with Crippen LogP contribution in [0.4, 0.5) is 5.69 Å². The summed E-state index contributed by atoms with van der Waals surface area (Å²) in [5.41, 5.74) is 3.66. The number of aromatic nitrogens is 1. The number of rotatable bonds is 2. The Morgan fingerprint density at radius 1 is 1.57 bits per heavy atom. The maximum Gasteiger partial charge on any atom is 0.329 e. The predicted molar refractivity (Wildman–Crippen MR) is 52.1 cm³/mol. The highest BCUT2D eigenvalue weighted by atomic mass is 16.4. The van der Waals surface area contributed by atoms with Crippen LogP contribution in [0.1, 0.15) is 13.8 Å². The molecule has 0 aliphatic carbocycles. The fourth-order valence-electron chi connectivity index (χ4n) is 1.05. The van der Waals surface area contributed by atoms with Crippen molar-refractivity contribution in [3.63, 3.8) is 0 Å². The fraction of sp³-hybridized carbons (Fsp3) is 0.333. The van der Waals surface area contributed by atoms with E-state index in [2.05, 4.69) is 0 Å². The molecule has 0 radical (unpaired) electrons. The first-order chi connectivity index (χ1) is 6.37. The first kappa shape index (κ1) is 10.3. The zero-order valence-electron chi connectivity index (χ0n) is 8.02. The molecule has 0 aliphatic heterocycles. The van der Waals surface area contributed by atoms with Gasteiger partial charge in [0.1, 0.15) is 5.54 Å². The normalized spacial score (nSPS) is 11.3. The molecule has 0 unspecified atom stereocenters. The lowest BCUT2D eigenvalue weighted by atomic mass is 10.1. The van der Waals surface area contributed by atoms with E-state index in [9.17, 15) is 9.59 Å². The number of nitrogen functional groups attached to an aromatic ring is 1. The van der Waals surface area contributed by atoms with Gasteiger partial charge in [-0.2, -0.15) is 0 Å². The topological polar surface area (TPSA) is 85.3 Å². The Hall–Kier alpha value is -1.78. The van der Waals surface area contributed by atoms with E-state index in [1.54, 1.807) is 6.07 Å². The molecule has 0 atom stereocenters. The molecule has 0 spiro atoms. The summed E-state index contributed by atoms with van der Waals surface area (Å²) in [6, 6.07) is 2.98. The second kappa shape index (κ2) is 3.17. The molecule has 0 fully saturated rings. The number of nitrogens with two attached hydrogens (primary N) is 1. The molecular weight excluding hydrogens is 184 g/mol. The standard InChI is InChI=1S/C9H12N2O3/c1-9(2,8(13)14)11-5-3-4-6(10)7(11)12/h3-5H,10H2,1-2H3,(H,13,14). The summed E-state index contributed by atoms with van der Waals surface area (Å²) in [4.78, 5) is 22.4. The van der Waals surface area contributed by atoms with Gasteiger partial charge in [0, 0.05) is 6.20 Å². The first-order valence-corrected chi connectivity index (χ1v) is 4.08. The molecule has 14 heavy (non-hydrogen) atoms. The van der Waals surface area contributed by atoms with Crippen LogP contribution in [0, 0.1) is 0 Å². The van der Waals surface area contributed by atoms with Crippen molar-refractivity contribution in [2.75, 3.05) is 5.73 Å². The summed E-state index contributed by atoms with van der Waals surface area (Å²) < 4.78 is 1.10. The van der Waals surface area contributed by atoms with E-state index in [-0.39, 0.29) is 5.69 Å². The van der Waals surface area contributed by atoms with Gasteiger partial charge in [0.2, 0.25) is 0 Å². The minimum Gasteiger partial charge on any atom is -0.480 e. The van der Waals surface area contributed by atoms with Crippen LogP contribution >= 0.6 is 0 Å². The quantitative estimate of drug-likeness (QED) is 0.710. The number of anilines is 1. The van der Waals surface area contributed by atoms with E-state index in [0.717, 1.165) is 4.57 Å². The lowest BCUT2D eigenvalue weighted by molar-refractivity contribution is -0.145. The number of aliphatic carboxylic acids is 1. The van der Waals surface area contributed by atoms with Crippen LogP contribution in [0.3, 0.4) is 0 Å². The van der Waals surface area contributed by atoms with Gasteiger partial charge < -0.3 is 10.8 Å². The summed E-state index contributed by atoms with van der Waals surface area (Å²) in [5, 5.41) is 8.91. The molecule has 1 heterocycles. The van der Waals surface area contributed by atoms with Gasteiger partial charge in [-0.25, -0.2) is 4.79 Å². The van der Waals surface area contributed by atoms with Gasteiger partial charge in [-0.3, -0.25) is 9.36 Å². The number of nitrogens with zero attached hydrogens (tertiary/aromatic N) is 1. The molecule has 5 nitrogen and oxygen atoms in total. The molecule has 3 N–H and O–H groups in total. The van der Waals surface area contributed by atoms with Crippen LogP contribution in [0.5, 0.6) is 0 Å². The Morgan fingerprint density at radius 2 is 2.14 bits per heavy atom. The molecule has 0 saturated heterocycles. The molecule has 1 aromatic heterocycles. The Labute approximate surface area is 80.8 Å². The zero-order valence-corrected chi connectivity index (χ0v) is 8.02. The number of carboxylic acids is 1. The van der Waals surface area contributed by atoms with E-state index in [1.165, 1.54) is 26.1 Å². The first-order valence-electron chi connectivity index (χ1n) is 4.08. The molecule has 0 aromatic carbocycles. The molecule has 1 aromatic rings. The van der Waals surface area contributed by atoms with Crippen molar-refractivity contribution in [2.45, 2.75) is 19.4 Å². The van der Waals surface area contributed by atoms with Crippen molar-refractivity contribution in [1.29, 1.82) is 0 Å². The number of pyridine rings is 1. The van der Waals surface area contributed by atoms with Crippen molar-refractivity contribution >= 4 is 11.7 Å². The van der Waals surface area contributed by atoms with E-state index < -0.39 is 17.1 Å². The van der Waals surface area contributed by atoms with E-state index in [1.807, 2.05) is 0 Å². The highest BCUT2D eigenvalue weighted by molar-refractivity contribution is 5.75. The minimum atomic E-state index is -1.29. The van der Waals surface area contributed by atoms with Gasteiger partial charge in [0.15, 0.2) is 0 Å². The summed E-state index contributed by atoms with van der Waals surface area (Å²) in [6.45, 7) is 2.88. The lowest BCUT2D eigenvalue weighted by Gasteiger charge is -2.22. The van der Waals surface area contributed by atoms with Crippen LogP contribution in [0.25, 0.3) is 0 Å². The van der Waals surface area contributed by atoms with Crippen LogP contribution in [-0.2, 0) is 10.3 Å². The van der Waals surface area contributed by atoms with Gasteiger partial charge in [-0.05, 0) is 26.0 Å². The molecule has 1 rings (SSSR count). The fourth-order valence-corrected chi connectivity index (χ4v) is 1.05. The SMILES string of the molecule is CC(C)(C(=O)O)n1cccc(N)c1=O. The van der Waals surface area contributed by atoms with Crippen molar-refractivity contribution < 1.29 is 9.90 Å². The second-order valence-corrected chi connectivity index (χ2v) is 3.50. The smallest absolute Gasteiger partial charge is 0.329 e. The number of carboxylic acid groups (broad SMARTS) is 1. The third-order valence-corrected chi connectivity index (χ3v) is 2.10. The van der Waals surface area contributed by atoms with Crippen LogP contribution in [0.15, 0.2) is 23.1 Å². The monoisotopic (exact) mass is 196 g/mol. The van der Waals surface area contributed by atoms with Gasteiger partial charge >= 0.3 is 5.97 Å². The molecular formula is C9H12N2O3. The van der Waals surface area contributed by atoms with E-state index >= 15 is 0 Å². The van der Waals surface area contributed by atoms with Gasteiger partial charge in [0.05, 0.1) is 5.69 Å². The average molecular weight is 196 g/mol. The maximum absolute atomic E-state index is 11.5. The Morgan fingerprint density at radius 3 is 2.64 bits per heavy atom. The van der Waals surface area contributed by atoms with Crippen molar-refractivity contribution in [3.8, 4) is 0 Å². The average Bonchev–Trinajstić information content (AvgIpc) is 2.09. The summed E-state index contributed by atoms with van der Waals surface area (Å²) in [6.07, 6.45) is 1.41. The summed E-state index contributed by atoms with van der Waals surface area (Å²) in [5.74, 6) is -1.08. The molecule has 76 valence electrons.